The smallest absolute Gasteiger partial charge is 0.123 e. The molecule has 1 aromatic heterocycles. The second-order valence-corrected chi connectivity index (χ2v) is 4.55. The maximum Gasteiger partial charge on any atom is 0.123 e. The summed E-state index contributed by atoms with van der Waals surface area (Å²) in [6.07, 6.45) is 0.599. The van der Waals surface area contributed by atoms with Gasteiger partial charge in [0, 0.05) is 6.42 Å². The third kappa shape index (κ3) is 5.13. The van der Waals surface area contributed by atoms with Crippen molar-refractivity contribution in [1.29, 1.82) is 0 Å². The van der Waals surface area contributed by atoms with E-state index in [0.29, 0.717) is 6.42 Å². The molecule has 1 heterocycles. The highest BCUT2D eigenvalue weighted by molar-refractivity contribution is 5.74. The lowest BCUT2D eigenvalue weighted by Gasteiger charge is -2.06. The number of halogens is 1. The predicted octanol–water partition coefficient (Wildman–Crippen LogP) is 5.72. The number of fused-ring (bicyclic) bond motifs is 1. The number of hydrogen-bond acceptors (Lipinski definition) is 2. The molecular formula is C20H25FN2. The fourth-order valence-electron chi connectivity index (χ4n) is 2.13. The van der Waals surface area contributed by atoms with Crippen LogP contribution in [0.4, 0.5) is 4.39 Å². The Morgan fingerprint density at radius 3 is 2.04 bits per heavy atom. The van der Waals surface area contributed by atoms with Crippen LogP contribution < -0.4 is 0 Å². The normalized spacial score (nSPS) is 9.48. The van der Waals surface area contributed by atoms with Crippen molar-refractivity contribution in [2.75, 3.05) is 0 Å². The molecule has 0 radical (unpaired) electrons. The molecule has 3 aromatic rings. The highest BCUT2D eigenvalue weighted by atomic mass is 19.1. The van der Waals surface area contributed by atoms with Crippen LogP contribution in [0.5, 0.6) is 0 Å². The van der Waals surface area contributed by atoms with Crippen LogP contribution >= 0.6 is 0 Å². The molecule has 0 aliphatic carbocycles. The Kier molecular flexibility index (Phi) is 7.89. The summed E-state index contributed by atoms with van der Waals surface area (Å²) in [5.74, 6) is -0.219. The second-order valence-electron chi connectivity index (χ2n) is 4.55. The second kappa shape index (κ2) is 9.67. The van der Waals surface area contributed by atoms with Crippen molar-refractivity contribution in [2.45, 2.75) is 41.0 Å². The molecule has 0 atom stereocenters. The summed E-state index contributed by atoms with van der Waals surface area (Å²) in [4.78, 5) is 9.15. The molecule has 122 valence electrons. The van der Waals surface area contributed by atoms with Gasteiger partial charge in [0.05, 0.1) is 22.4 Å². The van der Waals surface area contributed by atoms with Gasteiger partial charge in [0.1, 0.15) is 5.82 Å². The molecule has 0 saturated heterocycles. The zero-order valence-corrected chi connectivity index (χ0v) is 14.6. The van der Waals surface area contributed by atoms with Gasteiger partial charge in [-0.2, -0.15) is 0 Å². The van der Waals surface area contributed by atoms with Crippen molar-refractivity contribution in [3.8, 4) is 0 Å². The standard InChI is InChI=1S/C16H13FN2.2C2H6/c1-11-16(10-12-5-4-6-13(17)9-12)19-15-8-3-2-7-14(15)18-11;2*1-2/h2-9H,10H2,1H3;2*1-2H3. The quantitative estimate of drug-likeness (QED) is 0.604. The van der Waals surface area contributed by atoms with Crippen LogP contribution in [0, 0.1) is 12.7 Å². The molecule has 3 rings (SSSR count). The van der Waals surface area contributed by atoms with Gasteiger partial charge >= 0.3 is 0 Å². The molecule has 0 spiro atoms. The van der Waals surface area contributed by atoms with Gasteiger partial charge in [-0.25, -0.2) is 14.4 Å². The fraction of sp³-hybridized carbons (Fsp3) is 0.300. The van der Waals surface area contributed by atoms with E-state index < -0.39 is 0 Å². The Morgan fingerprint density at radius 1 is 0.826 bits per heavy atom. The molecule has 0 fully saturated rings. The highest BCUT2D eigenvalue weighted by Gasteiger charge is 2.06. The van der Waals surface area contributed by atoms with Crippen molar-refractivity contribution in [3.05, 3.63) is 71.3 Å². The Morgan fingerprint density at radius 2 is 1.43 bits per heavy atom. The van der Waals surface area contributed by atoms with E-state index in [4.69, 9.17) is 0 Å². The average Bonchev–Trinajstić information content (AvgIpc) is 2.59. The van der Waals surface area contributed by atoms with Gasteiger partial charge in [-0.05, 0) is 36.8 Å². The Hall–Kier alpha value is -2.29. The molecule has 23 heavy (non-hydrogen) atoms. The van der Waals surface area contributed by atoms with Gasteiger partial charge < -0.3 is 0 Å². The number of nitrogens with zero attached hydrogens (tertiary/aromatic N) is 2. The van der Waals surface area contributed by atoms with E-state index in [9.17, 15) is 4.39 Å². The van der Waals surface area contributed by atoms with Crippen LogP contribution in [0.2, 0.25) is 0 Å². The Bertz CT molecular complexity index is 739. The largest absolute Gasteiger partial charge is 0.250 e. The van der Waals surface area contributed by atoms with Crippen LogP contribution in [0.1, 0.15) is 44.6 Å². The van der Waals surface area contributed by atoms with Crippen molar-refractivity contribution >= 4 is 11.0 Å². The van der Waals surface area contributed by atoms with Crippen LogP contribution in [0.3, 0.4) is 0 Å². The van der Waals surface area contributed by atoms with E-state index in [0.717, 1.165) is 28.0 Å². The SMILES string of the molecule is CC.CC.Cc1nc2ccccc2nc1Cc1cccc(F)c1. The Balaban J connectivity index is 0.000000615. The van der Waals surface area contributed by atoms with E-state index in [2.05, 4.69) is 9.97 Å². The molecule has 0 amide bonds. The predicted molar refractivity (Wildman–Crippen MR) is 96.2 cm³/mol. The highest BCUT2D eigenvalue weighted by Crippen LogP contribution is 2.16. The lowest BCUT2D eigenvalue weighted by molar-refractivity contribution is 0.626. The summed E-state index contributed by atoms with van der Waals surface area (Å²) in [5, 5.41) is 0. The number of para-hydroxylation sites is 2. The minimum absolute atomic E-state index is 0.219. The minimum atomic E-state index is -0.219. The maximum atomic E-state index is 13.2. The van der Waals surface area contributed by atoms with E-state index in [1.807, 2.05) is 65.0 Å². The van der Waals surface area contributed by atoms with E-state index in [-0.39, 0.29) is 5.82 Å². The molecule has 0 saturated carbocycles. The summed E-state index contributed by atoms with van der Waals surface area (Å²) < 4.78 is 13.2. The van der Waals surface area contributed by atoms with Crippen LogP contribution in [-0.2, 0) is 6.42 Å². The topological polar surface area (TPSA) is 25.8 Å². The van der Waals surface area contributed by atoms with Crippen LogP contribution in [0.25, 0.3) is 11.0 Å². The molecule has 0 aliphatic rings. The molecule has 3 heteroatoms. The first-order valence-corrected chi connectivity index (χ1v) is 8.19. The first kappa shape index (κ1) is 18.8. The van der Waals surface area contributed by atoms with Crippen molar-refractivity contribution in [3.63, 3.8) is 0 Å². The van der Waals surface area contributed by atoms with E-state index in [1.165, 1.54) is 12.1 Å². The minimum Gasteiger partial charge on any atom is -0.250 e. The number of aromatic nitrogens is 2. The fourth-order valence-corrected chi connectivity index (χ4v) is 2.13. The number of aryl methyl sites for hydroxylation is 1. The lowest BCUT2D eigenvalue weighted by atomic mass is 10.1. The summed E-state index contributed by atoms with van der Waals surface area (Å²) in [7, 11) is 0. The first-order chi connectivity index (χ1) is 11.2. The molecule has 0 N–H and O–H groups in total. The molecule has 0 aliphatic heterocycles. The summed E-state index contributed by atoms with van der Waals surface area (Å²) in [6, 6.07) is 14.4. The molecular weight excluding hydrogens is 287 g/mol. The number of rotatable bonds is 2. The van der Waals surface area contributed by atoms with Gasteiger partial charge in [-0.15, -0.1) is 0 Å². The monoisotopic (exact) mass is 312 g/mol. The van der Waals surface area contributed by atoms with Crippen LogP contribution in [0.15, 0.2) is 48.5 Å². The van der Waals surface area contributed by atoms with E-state index in [1.54, 1.807) is 6.07 Å². The summed E-state index contributed by atoms with van der Waals surface area (Å²) in [6.45, 7) is 9.94. The van der Waals surface area contributed by atoms with Crippen molar-refractivity contribution in [2.24, 2.45) is 0 Å². The first-order valence-electron chi connectivity index (χ1n) is 8.19. The van der Waals surface area contributed by atoms with Crippen molar-refractivity contribution in [1.82, 2.24) is 9.97 Å². The summed E-state index contributed by atoms with van der Waals surface area (Å²) in [5.41, 5.74) is 4.46. The molecule has 2 aromatic carbocycles. The van der Waals surface area contributed by atoms with Crippen LogP contribution in [-0.4, -0.2) is 9.97 Å². The average molecular weight is 312 g/mol. The zero-order valence-electron chi connectivity index (χ0n) is 14.6. The third-order valence-corrected chi connectivity index (χ3v) is 3.10. The summed E-state index contributed by atoms with van der Waals surface area (Å²) >= 11 is 0. The van der Waals surface area contributed by atoms with Gasteiger partial charge in [-0.3, -0.25) is 0 Å². The maximum absolute atomic E-state index is 13.2. The Labute approximate surface area is 138 Å². The van der Waals surface area contributed by atoms with E-state index >= 15 is 0 Å². The number of benzene rings is 2. The third-order valence-electron chi connectivity index (χ3n) is 3.10. The van der Waals surface area contributed by atoms with Gasteiger partial charge in [-0.1, -0.05) is 52.0 Å². The van der Waals surface area contributed by atoms with Gasteiger partial charge in [0.2, 0.25) is 0 Å². The van der Waals surface area contributed by atoms with Gasteiger partial charge in [0.25, 0.3) is 0 Å². The molecule has 0 bridgehead atoms. The van der Waals surface area contributed by atoms with Gasteiger partial charge in [0.15, 0.2) is 0 Å². The van der Waals surface area contributed by atoms with Crippen molar-refractivity contribution < 1.29 is 4.39 Å². The number of hydrogen-bond donors (Lipinski definition) is 0. The molecule has 0 unspecified atom stereocenters. The molecule has 2 nitrogen and oxygen atoms in total. The lowest BCUT2D eigenvalue weighted by Crippen LogP contribution is -2.00. The zero-order chi connectivity index (χ0) is 17.2.